The van der Waals surface area contributed by atoms with Gasteiger partial charge >= 0.3 is 5.97 Å². The summed E-state index contributed by atoms with van der Waals surface area (Å²) in [6.07, 6.45) is 0.916. The second-order valence-electron chi connectivity index (χ2n) is 4.69. The van der Waals surface area contributed by atoms with Crippen LogP contribution in [0, 0.1) is 11.3 Å². The van der Waals surface area contributed by atoms with Crippen LogP contribution in [0.15, 0.2) is 0 Å². The van der Waals surface area contributed by atoms with Gasteiger partial charge in [-0.3, -0.25) is 9.69 Å². The van der Waals surface area contributed by atoms with Crippen molar-refractivity contribution in [3.63, 3.8) is 0 Å². The Bertz CT molecular complexity index is 543. The molecule has 1 fully saturated rings. The Hall–Kier alpha value is -1.36. The van der Waals surface area contributed by atoms with E-state index in [1.54, 1.807) is 6.92 Å². The third kappa shape index (κ3) is 4.06. The van der Waals surface area contributed by atoms with Crippen LogP contribution in [-0.2, 0) is 9.53 Å². The summed E-state index contributed by atoms with van der Waals surface area (Å²) in [5, 5.41) is 10.2. The van der Waals surface area contributed by atoms with E-state index in [-0.39, 0.29) is 11.1 Å². The average molecular weight is 329 g/mol. The number of halogens is 1. The zero-order valence-electron chi connectivity index (χ0n) is 11.8. The van der Waals surface area contributed by atoms with Crippen LogP contribution in [0.2, 0.25) is 5.15 Å². The molecule has 1 saturated heterocycles. The van der Waals surface area contributed by atoms with Gasteiger partial charge in [0.15, 0.2) is 5.15 Å². The average Bonchev–Trinajstić information content (AvgIpc) is 2.68. The molecule has 8 heteroatoms. The normalized spacial score (nSPS) is 16.3. The monoisotopic (exact) mass is 328 g/mol. The summed E-state index contributed by atoms with van der Waals surface area (Å²) in [5.74, 6) is -0.190. The number of carbonyl (C=O) groups excluding carboxylic acids is 1. The lowest BCUT2D eigenvalue weighted by atomic mass is 10.3. The topological polar surface area (TPSA) is 69.5 Å². The molecule has 1 aliphatic rings. The van der Waals surface area contributed by atoms with E-state index in [1.807, 2.05) is 0 Å². The molecule has 0 amide bonds. The van der Waals surface area contributed by atoms with E-state index in [9.17, 15) is 4.79 Å². The van der Waals surface area contributed by atoms with Crippen molar-refractivity contribution in [1.82, 2.24) is 9.27 Å². The third-order valence-corrected chi connectivity index (χ3v) is 4.56. The summed E-state index contributed by atoms with van der Waals surface area (Å²) >= 11 is 7.17. The molecule has 0 N–H and O–H groups in total. The van der Waals surface area contributed by atoms with E-state index in [0.29, 0.717) is 18.7 Å². The number of rotatable bonds is 4. The Morgan fingerprint density at radius 2 is 2.29 bits per heavy atom. The van der Waals surface area contributed by atoms with E-state index in [1.165, 1.54) is 11.5 Å². The van der Waals surface area contributed by atoms with Gasteiger partial charge in [-0.05, 0) is 24.9 Å². The van der Waals surface area contributed by atoms with Crippen molar-refractivity contribution in [2.45, 2.75) is 13.3 Å². The fourth-order valence-electron chi connectivity index (χ4n) is 2.29. The Kier molecular flexibility index (Phi) is 5.79. The highest BCUT2D eigenvalue weighted by atomic mass is 35.5. The molecule has 0 radical (unpaired) electrons. The molecule has 0 bridgehead atoms. The molecule has 0 spiro atoms. The molecule has 1 aliphatic heterocycles. The highest BCUT2D eigenvalue weighted by Crippen LogP contribution is 2.31. The van der Waals surface area contributed by atoms with E-state index < -0.39 is 0 Å². The molecule has 2 heterocycles. The number of esters is 1. The van der Waals surface area contributed by atoms with Crippen molar-refractivity contribution in [3.8, 4) is 6.07 Å². The quantitative estimate of drug-likeness (QED) is 0.784. The standard InChI is InChI=1S/C13H17ClN4O2S/c1-2-20-11(19)9-17-4-3-5-18(7-6-17)13-10(8-15)12(14)16-21-13/h2-7,9H2,1H3. The van der Waals surface area contributed by atoms with Gasteiger partial charge in [0.25, 0.3) is 0 Å². The van der Waals surface area contributed by atoms with Crippen molar-refractivity contribution >= 4 is 34.1 Å². The van der Waals surface area contributed by atoms with Crippen LogP contribution in [0.4, 0.5) is 5.00 Å². The minimum Gasteiger partial charge on any atom is -0.465 e. The number of aromatic nitrogens is 1. The zero-order chi connectivity index (χ0) is 15.2. The number of ether oxygens (including phenoxy) is 1. The summed E-state index contributed by atoms with van der Waals surface area (Å²) in [5.41, 5.74) is 0.445. The lowest BCUT2D eigenvalue weighted by Gasteiger charge is -2.21. The van der Waals surface area contributed by atoms with Crippen molar-refractivity contribution in [3.05, 3.63) is 10.7 Å². The second-order valence-corrected chi connectivity index (χ2v) is 5.80. The van der Waals surface area contributed by atoms with E-state index in [0.717, 1.165) is 37.6 Å². The molecule has 1 aromatic rings. The summed E-state index contributed by atoms with van der Waals surface area (Å²) in [6, 6.07) is 2.11. The van der Waals surface area contributed by atoms with Crippen molar-refractivity contribution in [2.24, 2.45) is 0 Å². The Morgan fingerprint density at radius 3 is 3.00 bits per heavy atom. The van der Waals surface area contributed by atoms with E-state index in [2.05, 4.69) is 20.2 Å². The molecule has 0 aromatic carbocycles. The number of hydrogen-bond donors (Lipinski definition) is 0. The molecular formula is C13H17ClN4O2S. The first-order valence-corrected chi connectivity index (χ1v) is 7.99. The first-order chi connectivity index (χ1) is 10.2. The fourth-order valence-corrected chi connectivity index (χ4v) is 3.37. The number of anilines is 1. The van der Waals surface area contributed by atoms with Crippen LogP contribution in [0.25, 0.3) is 0 Å². The number of nitriles is 1. The molecule has 2 rings (SSSR count). The summed E-state index contributed by atoms with van der Waals surface area (Å²) in [4.78, 5) is 15.7. The van der Waals surface area contributed by atoms with Crippen LogP contribution in [0.3, 0.4) is 0 Å². The van der Waals surface area contributed by atoms with Crippen LogP contribution in [-0.4, -0.2) is 54.6 Å². The number of carbonyl (C=O) groups is 1. The minimum atomic E-state index is -0.190. The predicted octanol–water partition coefficient (Wildman–Crippen LogP) is 1.74. The lowest BCUT2D eigenvalue weighted by Crippen LogP contribution is -2.34. The molecule has 6 nitrogen and oxygen atoms in total. The highest BCUT2D eigenvalue weighted by molar-refractivity contribution is 7.10. The molecule has 1 aromatic heterocycles. The molecule has 0 unspecified atom stereocenters. The van der Waals surface area contributed by atoms with Gasteiger partial charge in [0.2, 0.25) is 0 Å². The first-order valence-electron chi connectivity index (χ1n) is 6.84. The number of hydrogen-bond acceptors (Lipinski definition) is 7. The van der Waals surface area contributed by atoms with Crippen LogP contribution in [0.1, 0.15) is 18.9 Å². The number of nitrogens with zero attached hydrogens (tertiary/aromatic N) is 4. The van der Waals surface area contributed by atoms with Gasteiger partial charge in [0.1, 0.15) is 16.6 Å². The molecule has 114 valence electrons. The van der Waals surface area contributed by atoms with Gasteiger partial charge < -0.3 is 9.64 Å². The van der Waals surface area contributed by atoms with Gasteiger partial charge in [0, 0.05) is 26.2 Å². The van der Waals surface area contributed by atoms with Gasteiger partial charge in [0.05, 0.1) is 13.2 Å². The van der Waals surface area contributed by atoms with Gasteiger partial charge in [-0.15, -0.1) is 0 Å². The van der Waals surface area contributed by atoms with E-state index in [4.69, 9.17) is 21.6 Å². The van der Waals surface area contributed by atoms with Gasteiger partial charge in [-0.2, -0.15) is 9.64 Å². The molecular weight excluding hydrogens is 312 g/mol. The van der Waals surface area contributed by atoms with Gasteiger partial charge in [-0.1, -0.05) is 11.6 Å². The SMILES string of the molecule is CCOC(=O)CN1CCCN(c2snc(Cl)c2C#N)CC1. The fraction of sp³-hybridized carbons (Fsp3) is 0.615. The summed E-state index contributed by atoms with van der Waals surface area (Å²) < 4.78 is 9.01. The maximum atomic E-state index is 11.5. The second kappa shape index (κ2) is 7.59. The molecule has 0 saturated carbocycles. The molecule has 21 heavy (non-hydrogen) atoms. The van der Waals surface area contributed by atoms with Crippen molar-refractivity contribution < 1.29 is 9.53 Å². The van der Waals surface area contributed by atoms with Crippen molar-refractivity contribution in [1.29, 1.82) is 5.26 Å². The van der Waals surface area contributed by atoms with Crippen LogP contribution >= 0.6 is 23.1 Å². The Labute approximate surface area is 133 Å². The minimum absolute atomic E-state index is 0.190. The van der Waals surface area contributed by atoms with Crippen LogP contribution in [0.5, 0.6) is 0 Å². The van der Waals surface area contributed by atoms with Crippen LogP contribution < -0.4 is 4.90 Å². The molecule has 0 aliphatic carbocycles. The summed E-state index contributed by atoms with van der Waals surface area (Å²) in [6.45, 7) is 5.68. The third-order valence-electron chi connectivity index (χ3n) is 3.28. The lowest BCUT2D eigenvalue weighted by molar-refractivity contribution is -0.144. The predicted molar refractivity (Wildman–Crippen MR) is 81.7 cm³/mol. The maximum Gasteiger partial charge on any atom is 0.320 e. The Morgan fingerprint density at radius 1 is 1.48 bits per heavy atom. The maximum absolute atomic E-state index is 11.5. The zero-order valence-corrected chi connectivity index (χ0v) is 13.4. The van der Waals surface area contributed by atoms with Crippen molar-refractivity contribution in [2.75, 3.05) is 44.2 Å². The molecule has 0 atom stereocenters. The van der Waals surface area contributed by atoms with E-state index >= 15 is 0 Å². The summed E-state index contributed by atoms with van der Waals surface area (Å²) in [7, 11) is 0. The smallest absolute Gasteiger partial charge is 0.320 e. The highest BCUT2D eigenvalue weighted by Gasteiger charge is 2.22. The van der Waals surface area contributed by atoms with Gasteiger partial charge in [-0.25, -0.2) is 0 Å². The largest absolute Gasteiger partial charge is 0.465 e. The first kappa shape index (κ1) is 16.0. The Balaban J connectivity index is 1.98.